The van der Waals surface area contributed by atoms with Crippen LogP contribution >= 0.6 is 0 Å². The molecule has 0 aliphatic rings. The van der Waals surface area contributed by atoms with Crippen LogP contribution in [0.15, 0.2) is 52.4 Å². The van der Waals surface area contributed by atoms with Crippen molar-refractivity contribution in [2.75, 3.05) is 7.11 Å². The summed E-state index contributed by atoms with van der Waals surface area (Å²) < 4.78 is 6.34. The molecule has 0 N–H and O–H groups in total. The molecule has 25 heavy (non-hydrogen) atoms. The lowest BCUT2D eigenvalue weighted by Crippen LogP contribution is -2.20. The molecule has 0 unspecified atom stereocenters. The second kappa shape index (κ2) is 6.52. The van der Waals surface area contributed by atoms with E-state index in [0.29, 0.717) is 28.0 Å². The number of nitrogens with zero attached hydrogens (tertiary/aromatic N) is 4. The first-order chi connectivity index (χ1) is 12.0. The Bertz CT molecular complexity index is 1060. The van der Waals surface area contributed by atoms with Crippen LogP contribution in [0.3, 0.4) is 0 Å². The molecule has 1 aromatic heterocycles. The monoisotopic (exact) mass is 338 g/mol. The number of benzene rings is 2. The molecule has 0 fully saturated rings. The number of ether oxygens (including phenoxy) is 1. The molecule has 0 saturated carbocycles. The Labute approximate surface area is 142 Å². The van der Waals surface area contributed by atoms with Gasteiger partial charge >= 0.3 is 0 Å². The fraction of sp³-hybridized carbons (Fsp3) is 0.118. The summed E-state index contributed by atoms with van der Waals surface area (Å²) in [6, 6.07) is 11.1. The van der Waals surface area contributed by atoms with Gasteiger partial charge in [-0.15, -0.1) is 0 Å². The summed E-state index contributed by atoms with van der Waals surface area (Å²) >= 11 is 0. The minimum Gasteiger partial charge on any atom is -0.496 e. The number of aryl methyl sites for hydroxylation is 1. The molecule has 0 bridgehead atoms. The summed E-state index contributed by atoms with van der Waals surface area (Å²) in [5, 5.41) is 15.5. The van der Waals surface area contributed by atoms with Crippen molar-refractivity contribution >= 4 is 22.8 Å². The first-order valence-electron chi connectivity index (χ1n) is 7.36. The van der Waals surface area contributed by atoms with E-state index < -0.39 is 4.92 Å². The zero-order chi connectivity index (χ0) is 18.0. The van der Waals surface area contributed by atoms with Gasteiger partial charge < -0.3 is 4.74 Å². The molecule has 0 amide bonds. The molecule has 0 aliphatic heterocycles. The Balaban J connectivity index is 2.11. The SMILES string of the molecule is COc1ccc([N+](=O)[O-])cc1/C=N\n1c(C)nc2ccccc2c1=O. The van der Waals surface area contributed by atoms with Crippen LogP contribution < -0.4 is 10.3 Å². The van der Waals surface area contributed by atoms with Crippen LogP contribution in [0.4, 0.5) is 5.69 Å². The Morgan fingerprint density at radius 3 is 2.76 bits per heavy atom. The molecule has 0 spiro atoms. The van der Waals surface area contributed by atoms with Crippen molar-refractivity contribution in [2.24, 2.45) is 5.10 Å². The van der Waals surface area contributed by atoms with Crippen molar-refractivity contribution in [1.82, 2.24) is 9.66 Å². The Hall–Kier alpha value is -3.55. The molecule has 2 aromatic carbocycles. The molecule has 1 heterocycles. The summed E-state index contributed by atoms with van der Waals surface area (Å²) in [5.74, 6) is 0.818. The van der Waals surface area contributed by atoms with Crippen LogP contribution in [-0.2, 0) is 0 Å². The highest BCUT2D eigenvalue weighted by Crippen LogP contribution is 2.22. The van der Waals surface area contributed by atoms with E-state index in [9.17, 15) is 14.9 Å². The highest BCUT2D eigenvalue weighted by atomic mass is 16.6. The zero-order valence-electron chi connectivity index (χ0n) is 13.5. The second-order valence-corrected chi connectivity index (χ2v) is 5.22. The second-order valence-electron chi connectivity index (χ2n) is 5.22. The highest BCUT2D eigenvalue weighted by Gasteiger charge is 2.11. The van der Waals surface area contributed by atoms with Crippen LogP contribution in [0.2, 0.25) is 0 Å². The Morgan fingerprint density at radius 1 is 1.28 bits per heavy atom. The minimum atomic E-state index is -0.508. The average Bonchev–Trinajstić information content (AvgIpc) is 2.61. The molecule has 0 saturated heterocycles. The maximum absolute atomic E-state index is 12.6. The van der Waals surface area contributed by atoms with Gasteiger partial charge in [0.1, 0.15) is 11.6 Å². The predicted molar refractivity (Wildman–Crippen MR) is 93.4 cm³/mol. The molecule has 8 nitrogen and oxygen atoms in total. The highest BCUT2D eigenvalue weighted by molar-refractivity contribution is 5.85. The lowest BCUT2D eigenvalue weighted by Gasteiger charge is -2.06. The molecular weight excluding hydrogens is 324 g/mol. The van der Waals surface area contributed by atoms with Crippen molar-refractivity contribution in [1.29, 1.82) is 0 Å². The van der Waals surface area contributed by atoms with Crippen LogP contribution in [0, 0.1) is 17.0 Å². The minimum absolute atomic E-state index is 0.0945. The third-order valence-corrected chi connectivity index (χ3v) is 3.65. The first kappa shape index (κ1) is 16.3. The average molecular weight is 338 g/mol. The zero-order valence-corrected chi connectivity index (χ0v) is 13.5. The maximum Gasteiger partial charge on any atom is 0.282 e. The van der Waals surface area contributed by atoms with Gasteiger partial charge in [-0.25, -0.2) is 4.98 Å². The van der Waals surface area contributed by atoms with Gasteiger partial charge in [-0.05, 0) is 25.1 Å². The molecule has 0 atom stereocenters. The van der Waals surface area contributed by atoms with Gasteiger partial charge in [0.15, 0.2) is 0 Å². The lowest BCUT2D eigenvalue weighted by molar-refractivity contribution is -0.384. The Kier molecular flexibility index (Phi) is 4.25. The fourth-order valence-corrected chi connectivity index (χ4v) is 2.43. The van der Waals surface area contributed by atoms with Crippen LogP contribution in [-0.4, -0.2) is 27.9 Å². The summed E-state index contributed by atoms with van der Waals surface area (Å²) in [5.41, 5.74) is 0.562. The molecule has 126 valence electrons. The smallest absolute Gasteiger partial charge is 0.282 e. The van der Waals surface area contributed by atoms with E-state index in [0.717, 1.165) is 4.68 Å². The van der Waals surface area contributed by atoms with Crippen molar-refractivity contribution in [3.05, 3.63) is 74.3 Å². The molecule has 0 aliphatic carbocycles. The van der Waals surface area contributed by atoms with E-state index in [2.05, 4.69) is 10.1 Å². The van der Waals surface area contributed by atoms with E-state index in [1.165, 1.54) is 31.5 Å². The van der Waals surface area contributed by atoms with Crippen LogP contribution in [0.5, 0.6) is 5.75 Å². The van der Waals surface area contributed by atoms with Gasteiger partial charge in [0, 0.05) is 17.7 Å². The van der Waals surface area contributed by atoms with Crippen molar-refractivity contribution in [3.63, 3.8) is 0 Å². The van der Waals surface area contributed by atoms with Crippen molar-refractivity contribution in [3.8, 4) is 5.75 Å². The summed E-state index contributed by atoms with van der Waals surface area (Å²) in [4.78, 5) is 27.3. The van der Waals surface area contributed by atoms with E-state index in [1.54, 1.807) is 31.2 Å². The first-order valence-corrected chi connectivity index (χ1v) is 7.36. The van der Waals surface area contributed by atoms with E-state index in [-0.39, 0.29) is 11.2 Å². The number of hydrogen-bond donors (Lipinski definition) is 0. The van der Waals surface area contributed by atoms with Gasteiger partial charge in [-0.2, -0.15) is 9.78 Å². The van der Waals surface area contributed by atoms with Crippen molar-refractivity contribution in [2.45, 2.75) is 6.92 Å². The third kappa shape index (κ3) is 3.09. The molecule has 3 rings (SSSR count). The number of methoxy groups -OCH3 is 1. The fourth-order valence-electron chi connectivity index (χ4n) is 2.43. The number of hydrogen-bond acceptors (Lipinski definition) is 6. The molecule has 8 heteroatoms. The van der Waals surface area contributed by atoms with E-state index in [4.69, 9.17) is 4.74 Å². The summed E-state index contributed by atoms with van der Waals surface area (Å²) in [7, 11) is 1.45. The molecule has 0 radical (unpaired) electrons. The van der Waals surface area contributed by atoms with E-state index in [1.807, 2.05) is 0 Å². The lowest BCUT2D eigenvalue weighted by atomic mass is 10.2. The topological polar surface area (TPSA) is 99.6 Å². The van der Waals surface area contributed by atoms with Crippen molar-refractivity contribution < 1.29 is 9.66 Å². The predicted octanol–water partition coefficient (Wildman–Crippen LogP) is 2.50. The number of rotatable bonds is 4. The van der Waals surface area contributed by atoms with Gasteiger partial charge in [-0.1, -0.05) is 12.1 Å². The normalized spacial score (nSPS) is 11.1. The standard InChI is InChI=1S/C17H14N4O4/c1-11-19-15-6-4-3-5-14(15)17(22)20(11)18-10-12-9-13(21(23)24)7-8-16(12)25-2/h3-10H,1-2H3/b18-10-. The van der Waals surface area contributed by atoms with Crippen LogP contribution in [0.1, 0.15) is 11.4 Å². The quantitative estimate of drug-likeness (QED) is 0.413. The number of nitro groups is 1. The largest absolute Gasteiger partial charge is 0.496 e. The van der Waals surface area contributed by atoms with Gasteiger partial charge in [-0.3, -0.25) is 14.9 Å². The number of non-ortho nitro benzene ring substituents is 1. The number of para-hydroxylation sites is 1. The molecule has 3 aromatic rings. The van der Waals surface area contributed by atoms with Gasteiger partial charge in [0.05, 0.1) is 29.2 Å². The third-order valence-electron chi connectivity index (χ3n) is 3.65. The number of aromatic nitrogens is 2. The summed E-state index contributed by atoms with van der Waals surface area (Å²) in [6.45, 7) is 1.66. The van der Waals surface area contributed by atoms with Gasteiger partial charge in [0.2, 0.25) is 0 Å². The van der Waals surface area contributed by atoms with Gasteiger partial charge in [0.25, 0.3) is 11.2 Å². The molecular formula is C17H14N4O4. The Morgan fingerprint density at radius 2 is 2.04 bits per heavy atom. The number of nitro benzene ring substituents is 1. The maximum atomic E-state index is 12.6. The van der Waals surface area contributed by atoms with Crippen LogP contribution in [0.25, 0.3) is 10.9 Å². The summed E-state index contributed by atoms with van der Waals surface area (Å²) in [6.07, 6.45) is 1.34. The van der Waals surface area contributed by atoms with E-state index >= 15 is 0 Å². The number of fused-ring (bicyclic) bond motifs is 1.